The van der Waals surface area contributed by atoms with Crippen LogP contribution in [0.3, 0.4) is 0 Å². The maximum atomic E-state index is 11.2. The minimum Gasteiger partial charge on any atom is -0.368 e. The van der Waals surface area contributed by atoms with E-state index in [1.54, 1.807) is 6.07 Å². The first-order valence-electron chi connectivity index (χ1n) is 4.67. The van der Waals surface area contributed by atoms with Gasteiger partial charge in [0.2, 0.25) is 5.91 Å². The second-order valence-electron chi connectivity index (χ2n) is 3.63. The molecule has 1 aliphatic rings. The van der Waals surface area contributed by atoms with Gasteiger partial charge >= 0.3 is 0 Å². The summed E-state index contributed by atoms with van der Waals surface area (Å²) in [5.74, 6) is -0.327. The van der Waals surface area contributed by atoms with Gasteiger partial charge in [-0.3, -0.25) is 4.79 Å². The summed E-state index contributed by atoms with van der Waals surface area (Å²) in [6.45, 7) is 0. The summed E-state index contributed by atoms with van der Waals surface area (Å²) >= 11 is 13.3. The van der Waals surface area contributed by atoms with Gasteiger partial charge in [0.1, 0.15) is 6.04 Å². The largest absolute Gasteiger partial charge is 0.368 e. The van der Waals surface area contributed by atoms with E-state index in [9.17, 15) is 4.79 Å². The molecular weight excluding hydrogens is 267 g/mol. The zero-order valence-electron chi connectivity index (χ0n) is 8.54. The zero-order chi connectivity index (χ0) is 11.9. The number of hydrogen-bond donors (Lipinski definition) is 1. The lowest BCUT2D eigenvalue weighted by molar-refractivity contribution is -0.121. The van der Waals surface area contributed by atoms with Crippen LogP contribution in [0.1, 0.15) is 5.56 Å². The predicted molar refractivity (Wildman–Crippen MR) is 66.8 cm³/mol. The quantitative estimate of drug-likeness (QED) is 0.801. The number of benzene rings is 1. The van der Waals surface area contributed by atoms with Crippen molar-refractivity contribution < 1.29 is 4.79 Å². The van der Waals surface area contributed by atoms with Crippen LogP contribution in [0.25, 0.3) is 0 Å². The minimum atomic E-state index is -0.327. The van der Waals surface area contributed by atoms with Crippen molar-refractivity contribution in [2.45, 2.75) is 17.4 Å². The van der Waals surface area contributed by atoms with Crippen molar-refractivity contribution in [2.75, 3.05) is 7.05 Å². The fourth-order valence-corrected chi connectivity index (χ4v) is 3.11. The lowest BCUT2D eigenvalue weighted by Gasteiger charge is -2.30. The number of likely N-dealkylation sites (N-methyl/N-ethyl adjacent to an activating group) is 1. The molecule has 6 heteroatoms. The van der Waals surface area contributed by atoms with Crippen LogP contribution in [-0.4, -0.2) is 23.3 Å². The molecule has 0 spiro atoms. The Labute approximate surface area is 108 Å². The van der Waals surface area contributed by atoms with Crippen molar-refractivity contribution in [2.24, 2.45) is 5.73 Å². The number of fused-ring (bicyclic) bond motifs is 1. The van der Waals surface area contributed by atoms with Crippen molar-refractivity contribution in [3.8, 4) is 0 Å². The van der Waals surface area contributed by atoms with E-state index in [4.69, 9.17) is 28.9 Å². The fourth-order valence-electron chi connectivity index (χ4n) is 1.65. The second kappa shape index (κ2) is 4.45. The van der Waals surface area contributed by atoms with E-state index in [2.05, 4.69) is 0 Å². The van der Waals surface area contributed by atoms with Gasteiger partial charge in [0, 0.05) is 4.90 Å². The predicted octanol–water partition coefficient (Wildman–Crippen LogP) is 2.34. The standard InChI is InChI=1S/C10H10Cl2N2OS/c1-14-8(10(13)15)3-5-2-6(11)7(12)4-9(5)16-14/h2,4,8H,3H2,1H3,(H2,13,15). The third-order valence-electron chi connectivity index (χ3n) is 2.53. The number of rotatable bonds is 1. The lowest BCUT2D eigenvalue weighted by Crippen LogP contribution is -2.42. The smallest absolute Gasteiger partial charge is 0.236 e. The molecule has 1 aromatic rings. The Bertz CT molecular complexity index is 453. The molecule has 2 N–H and O–H groups in total. The van der Waals surface area contributed by atoms with Crippen LogP contribution >= 0.6 is 35.1 Å². The van der Waals surface area contributed by atoms with E-state index in [-0.39, 0.29) is 11.9 Å². The number of carbonyl (C=O) groups excluding carboxylic acids is 1. The first kappa shape index (κ1) is 12.0. The average molecular weight is 277 g/mol. The maximum absolute atomic E-state index is 11.2. The Morgan fingerprint density at radius 2 is 2.12 bits per heavy atom. The van der Waals surface area contributed by atoms with Crippen molar-refractivity contribution in [3.05, 3.63) is 27.7 Å². The molecule has 1 amide bonds. The molecule has 0 bridgehead atoms. The first-order chi connectivity index (χ1) is 7.49. The number of nitrogens with zero attached hydrogens (tertiary/aromatic N) is 1. The van der Waals surface area contributed by atoms with E-state index >= 15 is 0 Å². The van der Waals surface area contributed by atoms with Gasteiger partial charge in [0.25, 0.3) is 0 Å². The molecule has 0 aromatic heterocycles. The Hall–Kier alpha value is -0.420. The van der Waals surface area contributed by atoms with E-state index in [1.165, 1.54) is 11.9 Å². The monoisotopic (exact) mass is 276 g/mol. The molecule has 0 saturated carbocycles. The molecule has 1 aromatic carbocycles. The fraction of sp³-hybridized carbons (Fsp3) is 0.300. The molecule has 16 heavy (non-hydrogen) atoms. The summed E-state index contributed by atoms with van der Waals surface area (Å²) < 4.78 is 1.84. The van der Waals surface area contributed by atoms with Crippen molar-refractivity contribution in [3.63, 3.8) is 0 Å². The molecule has 0 fully saturated rings. The Morgan fingerprint density at radius 1 is 1.50 bits per heavy atom. The van der Waals surface area contributed by atoms with Gasteiger partial charge in [-0.15, -0.1) is 0 Å². The van der Waals surface area contributed by atoms with Gasteiger partial charge in [0.15, 0.2) is 0 Å². The number of carbonyl (C=O) groups is 1. The highest BCUT2D eigenvalue weighted by molar-refractivity contribution is 7.97. The zero-order valence-corrected chi connectivity index (χ0v) is 10.9. The summed E-state index contributed by atoms with van der Waals surface area (Å²) in [5.41, 5.74) is 6.34. The lowest BCUT2D eigenvalue weighted by atomic mass is 10.1. The minimum absolute atomic E-state index is 0.297. The van der Waals surface area contributed by atoms with Crippen LogP contribution in [-0.2, 0) is 11.2 Å². The Kier molecular flexibility index (Phi) is 3.35. The third kappa shape index (κ3) is 2.15. The molecular formula is C10H10Cl2N2OS. The second-order valence-corrected chi connectivity index (χ2v) is 5.65. The van der Waals surface area contributed by atoms with Crippen molar-refractivity contribution in [1.82, 2.24) is 4.31 Å². The molecule has 3 nitrogen and oxygen atoms in total. The SMILES string of the molecule is CN1Sc2cc(Cl)c(Cl)cc2CC1C(N)=O. The van der Waals surface area contributed by atoms with Crippen molar-refractivity contribution >= 4 is 41.1 Å². The van der Waals surface area contributed by atoms with E-state index in [1.807, 2.05) is 17.4 Å². The summed E-state index contributed by atoms with van der Waals surface area (Å²) in [6.07, 6.45) is 0.574. The maximum Gasteiger partial charge on any atom is 0.236 e. The topological polar surface area (TPSA) is 46.3 Å². The van der Waals surface area contributed by atoms with Gasteiger partial charge in [-0.1, -0.05) is 23.2 Å². The van der Waals surface area contributed by atoms with Crippen LogP contribution in [0.15, 0.2) is 17.0 Å². The Morgan fingerprint density at radius 3 is 2.75 bits per heavy atom. The van der Waals surface area contributed by atoms with Gasteiger partial charge in [0.05, 0.1) is 10.0 Å². The van der Waals surface area contributed by atoms with Gasteiger partial charge < -0.3 is 5.73 Å². The van der Waals surface area contributed by atoms with Crippen LogP contribution in [0, 0.1) is 0 Å². The number of hydrogen-bond acceptors (Lipinski definition) is 3. The van der Waals surface area contributed by atoms with Gasteiger partial charge in [-0.25, -0.2) is 4.31 Å². The number of nitrogens with two attached hydrogens (primary N) is 1. The first-order valence-corrected chi connectivity index (χ1v) is 6.20. The highest BCUT2D eigenvalue weighted by atomic mass is 35.5. The van der Waals surface area contributed by atoms with Crippen LogP contribution < -0.4 is 5.73 Å². The van der Waals surface area contributed by atoms with Crippen LogP contribution in [0.2, 0.25) is 10.0 Å². The molecule has 2 rings (SSSR count). The van der Waals surface area contributed by atoms with E-state index in [0.717, 1.165) is 10.5 Å². The molecule has 1 atom stereocenters. The molecule has 1 aliphatic heterocycles. The summed E-state index contributed by atoms with van der Waals surface area (Å²) in [7, 11) is 1.84. The molecule has 0 aliphatic carbocycles. The molecule has 0 saturated heterocycles. The van der Waals surface area contributed by atoms with Gasteiger partial charge in [-0.05, 0) is 43.1 Å². The third-order valence-corrected chi connectivity index (χ3v) is 4.37. The van der Waals surface area contributed by atoms with Crippen molar-refractivity contribution in [1.29, 1.82) is 0 Å². The summed E-state index contributed by atoms with van der Waals surface area (Å²) in [5, 5.41) is 1.03. The van der Waals surface area contributed by atoms with Gasteiger partial charge in [-0.2, -0.15) is 0 Å². The Balaban J connectivity index is 2.39. The molecule has 0 radical (unpaired) electrons. The summed E-state index contributed by atoms with van der Waals surface area (Å²) in [6, 6.07) is 3.32. The van der Waals surface area contributed by atoms with E-state index in [0.29, 0.717) is 16.5 Å². The molecule has 1 unspecified atom stereocenters. The number of amides is 1. The summed E-state index contributed by atoms with van der Waals surface area (Å²) in [4.78, 5) is 12.3. The van der Waals surface area contributed by atoms with Crippen LogP contribution in [0.4, 0.5) is 0 Å². The normalized spacial score (nSPS) is 20.6. The highest BCUT2D eigenvalue weighted by Crippen LogP contribution is 2.38. The number of halogens is 2. The highest BCUT2D eigenvalue weighted by Gasteiger charge is 2.28. The molecule has 86 valence electrons. The van der Waals surface area contributed by atoms with E-state index < -0.39 is 0 Å². The average Bonchev–Trinajstić information content (AvgIpc) is 2.19. The van der Waals surface area contributed by atoms with Crippen LogP contribution in [0.5, 0.6) is 0 Å². The number of primary amides is 1. The molecule has 1 heterocycles.